The Hall–Kier alpha value is -2.72. The van der Waals surface area contributed by atoms with E-state index < -0.39 is 23.6 Å². The molecule has 1 saturated heterocycles. The molecule has 3 amide bonds. The van der Waals surface area contributed by atoms with Crippen molar-refractivity contribution in [2.24, 2.45) is 0 Å². The zero-order valence-electron chi connectivity index (χ0n) is 10.4. The lowest BCUT2D eigenvalue weighted by Gasteiger charge is -2.16. The molecule has 0 aliphatic carbocycles. The summed E-state index contributed by atoms with van der Waals surface area (Å²) in [6.07, 6.45) is 4.79. The molecule has 104 valence electrons. The van der Waals surface area contributed by atoms with Gasteiger partial charge < -0.3 is 0 Å². The van der Waals surface area contributed by atoms with Gasteiger partial charge >= 0.3 is 6.03 Å². The summed E-state index contributed by atoms with van der Waals surface area (Å²) in [5.41, 5.74) is -0.0280. The number of pyridine rings is 1. The average Bonchev–Trinajstić information content (AvgIpc) is 2.74. The van der Waals surface area contributed by atoms with Crippen molar-refractivity contribution in [3.05, 3.63) is 46.5 Å². The summed E-state index contributed by atoms with van der Waals surface area (Å²) in [6.45, 7) is 0.221. The van der Waals surface area contributed by atoms with E-state index in [-0.39, 0.29) is 23.0 Å². The quantitative estimate of drug-likeness (QED) is 0.587. The first-order chi connectivity index (χ1) is 10.0. The van der Waals surface area contributed by atoms with Crippen LogP contribution in [0.3, 0.4) is 0 Å². The van der Waals surface area contributed by atoms with Gasteiger partial charge in [0, 0.05) is 6.54 Å². The van der Waals surface area contributed by atoms with E-state index in [0.717, 1.165) is 6.07 Å². The van der Waals surface area contributed by atoms with Crippen LogP contribution in [0.4, 0.5) is 15.0 Å². The predicted molar refractivity (Wildman–Crippen MR) is 70.7 cm³/mol. The molecule has 0 saturated carbocycles. The second-order valence-electron chi connectivity index (χ2n) is 4.26. The Morgan fingerprint density at radius 2 is 2.19 bits per heavy atom. The Balaban J connectivity index is 2.10. The van der Waals surface area contributed by atoms with Crippen LogP contribution in [-0.4, -0.2) is 28.4 Å². The van der Waals surface area contributed by atoms with Gasteiger partial charge in [-0.25, -0.2) is 19.1 Å². The van der Waals surface area contributed by atoms with Crippen molar-refractivity contribution in [3.63, 3.8) is 0 Å². The number of nitrogens with zero attached hydrogens (tertiary/aromatic N) is 4. The second-order valence-corrected chi connectivity index (χ2v) is 4.62. The van der Waals surface area contributed by atoms with Gasteiger partial charge in [-0.05, 0) is 12.1 Å². The molecule has 0 N–H and O–H groups in total. The van der Waals surface area contributed by atoms with Gasteiger partial charge in [0.2, 0.25) is 0 Å². The SMILES string of the molecule is N#Cc1cc(F)c(N2C(=O)C3=CC=CCN3C2=O)nc1Cl. The van der Waals surface area contributed by atoms with Crippen LogP contribution in [0, 0.1) is 17.1 Å². The third-order valence-electron chi connectivity index (χ3n) is 3.06. The summed E-state index contributed by atoms with van der Waals surface area (Å²) in [5.74, 6) is -2.16. The fraction of sp³-hybridized carbons (Fsp3) is 0.0769. The molecule has 0 atom stereocenters. The molecule has 0 aromatic carbocycles. The van der Waals surface area contributed by atoms with Crippen molar-refractivity contribution in [3.8, 4) is 6.07 Å². The number of amides is 3. The number of urea groups is 1. The van der Waals surface area contributed by atoms with Crippen LogP contribution in [-0.2, 0) is 4.79 Å². The topological polar surface area (TPSA) is 77.3 Å². The average molecular weight is 305 g/mol. The monoisotopic (exact) mass is 304 g/mol. The van der Waals surface area contributed by atoms with E-state index in [4.69, 9.17) is 16.9 Å². The van der Waals surface area contributed by atoms with E-state index in [0.29, 0.717) is 4.90 Å². The van der Waals surface area contributed by atoms with Crippen molar-refractivity contribution in [2.75, 3.05) is 11.4 Å². The first-order valence-corrected chi connectivity index (χ1v) is 6.21. The first-order valence-electron chi connectivity index (χ1n) is 5.83. The van der Waals surface area contributed by atoms with Gasteiger partial charge in [0.25, 0.3) is 5.91 Å². The molecule has 1 aromatic heterocycles. The molecule has 2 aliphatic rings. The number of carbonyl (C=O) groups excluding carboxylic acids is 2. The van der Waals surface area contributed by atoms with Gasteiger partial charge in [0.15, 0.2) is 11.6 Å². The van der Waals surface area contributed by atoms with E-state index in [1.807, 2.05) is 0 Å². The smallest absolute Gasteiger partial charge is 0.284 e. The normalized spacial score (nSPS) is 16.9. The molecule has 3 rings (SSSR count). The minimum atomic E-state index is -0.967. The Labute approximate surface area is 123 Å². The maximum absolute atomic E-state index is 14.0. The number of carbonyl (C=O) groups is 2. The number of anilines is 1. The van der Waals surface area contributed by atoms with Gasteiger partial charge in [-0.1, -0.05) is 23.8 Å². The Morgan fingerprint density at radius 3 is 2.86 bits per heavy atom. The van der Waals surface area contributed by atoms with Crippen LogP contribution in [0.25, 0.3) is 0 Å². The van der Waals surface area contributed by atoms with Crippen molar-refractivity contribution >= 4 is 29.4 Å². The van der Waals surface area contributed by atoms with Crippen molar-refractivity contribution in [1.29, 1.82) is 5.26 Å². The standard InChI is InChI=1S/C13H6ClFN4O2/c14-10-7(6-16)5-8(15)11(17-10)19-12(20)9-3-1-2-4-18(9)13(19)21/h1-3,5H,4H2. The van der Waals surface area contributed by atoms with E-state index in [2.05, 4.69) is 4.98 Å². The third-order valence-corrected chi connectivity index (χ3v) is 3.34. The van der Waals surface area contributed by atoms with E-state index >= 15 is 0 Å². The lowest BCUT2D eigenvalue weighted by atomic mass is 10.2. The van der Waals surface area contributed by atoms with Crippen LogP contribution in [0.1, 0.15) is 5.56 Å². The molecule has 0 radical (unpaired) electrons. The number of hydrogen-bond donors (Lipinski definition) is 0. The number of allylic oxidation sites excluding steroid dienone is 2. The molecular formula is C13H6ClFN4O2. The zero-order chi connectivity index (χ0) is 15.1. The minimum absolute atomic E-state index is 0.143. The fourth-order valence-electron chi connectivity index (χ4n) is 2.08. The largest absolute Gasteiger partial charge is 0.337 e. The van der Waals surface area contributed by atoms with Crippen LogP contribution < -0.4 is 4.90 Å². The van der Waals surface area contributed by atoms with Crippen LogP contribution in [0.5, 0.6) is 0 Å². The minimum Gasteiger partial charge on any atom is -0.284 e. The third kappa shape index (κ3) is 1.88. The van der Waals surface area contributed by atoms with Gasteiger partial charge in [-0.3, -0.25) is 9.69 Å². The summed E-state index contributed by atoms with van der Waals surface area (Å²) in [5, 5.41) is 8.49. The van der Waals surface area contributed by atoms with Crippen molar-refractivity contribution in [2.45, 2.75) is 0 Å². The molecular weight excluding hydrogens is 299 g/mol. The Kier molecular flexibility index (Phi) is 2.96. The number of aromatic nitrogens is 1. The highest BCUT2D eigenvalue weighted by molar-refractivity contribution is 6.31. The number of fused-ring (bicyclic) bond motifs is 1. The maximum atomic E-state index is 14.0. The second kappa shape index (κ2) is 4.68. The number of nitriles is 1. The van der Waals surface area contributed by atoms with Gasteiger partial charge in [0.05, 0.1) is 5.56 Å². The highest BCUT2D eigenvalue weighted by Gasteiger charge is 2.44. The number of imide groups is 1. The van der Waals surface area contributed by atoms with Crippen LogP contribution in [0.2, 0.25) is 5.15 Å². The molecule has 0 unspecified atom stereocenters. The molecule has 21 heavy (non-hydrogen) atoms. The van der Waals surface area contributed by atoms with Crippen molar-refractivity contribution in [1.82, 2.24) is 9.88 Å². The summed E-state index contributed by atoms with van der Waals surface area (Å²) in [6, 6.07) is 1.81. The molecule has 8 heteroatoms. The Bertz CT molecular complexity index is 781. The number of rotatable bonds is 1. The molecule has 6 nitrogen and oxygen atoms in total. The van der Waals surface area contributed by atoms with Crippen molar-refractivity contribution < 1.29 is 14.0 Å². The number of halogens is 2. The highest BCUT2D eigenvalue weighted by atomic mass is 35.5. The molecule has 1 fully saturated rings. The molecule has 0 spiro atoms. The summed E-state index contributed by atoms with van der Waals surface area (Å²) in [7, 11) is 0. The van der Waals surface area contributed by atoms with E-state index in [1.165, 1.54) is 11.0 Å². The molecule has 1 aromatic rings. The predicted octanol–water partition coefficient (Wildman–Crippen LogP) is 1.97. The van der Waals surface area contributed by atoms with E-state index in [1.54, 1.807) is 18.2 Å². The lowest BCUT2D eigenvalue weighted by molar-refractivity contribution is -0.114. The summed E-state index contributed by atoms with van der Waals surface area (Å²) in [4.78, 5) is 29.9. The number of hydrogen-bond acceptors (Lipinski definition) is 4. The first kappa shape index (κ1) is 13.3. The van der Waals surface area contributed by atoms with Gasteiger partial charge in [-0.15, -0.1) is 0 Å². The molecule has 0 bridgehead atoms. The lowest BCUT2D eigenvalue weighted by Crippen LogP contribution is -2.34. The Morgan fingerprint density at radius 1 is 1.43 bits per heavy atom. The maximum Gasteiger partial charge on any atom is 0.337 e. The van der Waals surface area contributed by atoms with Gasteiger partial charge in [-0.2, -0.15) is 5.26 Å². The van der Waals surface area contributed by atoms with Crippen LogP contribution >= 0.6 is 11.6 Å². The van der Waals surface area contributed by atoms with Gasteiger partial charge in [0.1, 0.15) is 16.9 Å². The molecule has 3 heterocycles. The highest BCUT2D eigenvalue weighted by Crippen LogP contribution is 2.31. The van der Waals surface area contributed by atoms with E-state index in [9.17, 15) is 14.0 Å². The molecule has 2 aliphatic heterocycles. The summed E-state index contributed by atoms with van der Waals surface area (Å²) >= 11 is 5.74. The zero-order valence-corrected chi connectivity index (χ0v) is 11.1. The van der Waals surface area contributed by atoms with Crippen LogP contribution in [0.15, 0.2) is 30.0 Å². The summed E-state index contributed by atoms with van der Waals surface area (Å²) < 4.78 is 14.0. The fourth-order valence-corrected chi connectivity index (χ4v) is 2.26.